The quantitative estimate of drug-likeness (QED) is 0.780. The van der Waals surface area contributed by atoms with Crippen LogP contribution in [0.5, 0.6) is 0 Å². The first kappa shape index (κ1) is 13.7. The Morgan fingerprint density at radius 2 is 2.05 bits per heavy atom. The number of rotatable bonds is 5. The largest absolute Gasteiger partial charge is 0.345 e. The lowest BCUT2D eigenvalue weighted by Gasteiger charge is -2.10. The van der Waals surface area contributed by atoms with Gasteiger partial charge in [0.05, 0.1) is 5.69 Å². The maximum Gasteiger partial charge on any atom is 0.138 e. The maximum atomic E-state index is 4.42. The van der Waals surface area contributed by atoms with E-state index < -0.39 is 0 Å². The average Bonchev–Trinajstić information content (AvgIpc) is 2.93. The van der Waals surface area contributed by atoms with Gasteiger partial charge < -0.3 is 9.88 Å². The molecule has 0 atom stereocenters. The van der Waals surface area contributed by atoms with Crippen molar-refractivity contribution in [3.8, 4) is 11.3 Å². The molecular weight excluding hydrogens is 262 g/mol. The minimum absolute atomic E-state index is 0.922. The molecule has 0 amide bonds. The van der Waals surface area contributed by atoms with Crippen molar-refractivity contribution in [1.29, 1.82) is 0 Å². The lowest BCUT2D eigenvalue weighted by molar-refractivity contribution is 0.400. The van der Waals surface area contributed by atoms with Crippen molar-refractivity contribution >= 4 is 11.0 Å². The second-order valence-electron chi connectivity index (χ2n) is 5.40. The molecule has 1 N–H and O–H groups in total. The lowest BCUT2D eigenvalue weighted by atomic mass is 10.0. The van der Waals surface area contributed by atoms with E-state index in [2.05, 4.69) is 45.0 Å². The second-order valence-corrected chi connectivity index (χ2v) is 5.40. The molecular formula is C16H19N5. The smallest absolute Gasteiger partial charge is 0.138 e. The van der Waals surface area contributed by atoms with Crippen LogP contribution in [0.4, 0.5) is 0 Å². The van der Waals surface area contributed by atoms with E-state index in [4.69, 9.17) is 0 Å². The Labute approximate surface area is 124 Å². The number of H-pyrrole nitrogens is 1. The normalized spacial score (nSPS) is 11.4. The Bertz CT molecular complexity index is 718. The molecule has 3 heterocycles. The summed E-state index contributed by atoms with van der Waals surface area (Å²) in [5, 5.41) is 1.18. The predicted octanol–water partition coefficient (Wildman–Crippen LogP) is 2.51. The first-order chi connectivity index (χ1) is 10.3. The highest BCUT2D eigenvalue weighted by atomic mass is 15.0. The summed E-state index contributed by atoms with van der Waals surface area (Å²) in [4.78, 5) is 18.2. The van der Waals surface area contributed by atoms with Gasteiger partial charge in [0.1, 0.15) is 12.0 Å². The van der Waals surface area contributed by atoms with Crippen LogP contribution in [0.1, 0.15) is 12.0 Å². The number of aryl methyl sites for hydroxylation is 1. The van der Waals surface area contributed by atoms with Gasteiger partial charge in [0.25, 0.3) is 0 Å². The van der Waals surface area contributed by atoms with E-state index in [9.17, 15) is 0 Å². The van der Waals surface area contributed by atoms with Crippen molar-refractivity contribution in [3.05, 3.63) is 42.6 Å². The molecule has 0 saturated carbocycles. The van der Waals surface area contributed by atoms with Crippen LogP contribution in [0.15, 0.2) is 37.1 Å². The first-order valence-electron chi connectivity index (χ1n) is 7.12. The van der Waals surface area contributed by atoms with Crippen LogP contribution in [0, 0.1) is 0 Å². The maximum absolute atomic E-state index is 4.42. The minimum atomic E-state index is 0.922. The Kier molecular flexibility index (Phi) is 3.92. The fourth-order valence-corrected chi connectivity index (χ4v) is 2.57. The van der Waals surface area contributed by atoms with E-state index in [0.29, 0.717) is 0 Å². The van der Waals surface area contributed by atoms with Crippen LogP contribution in [-0.4, -0.2) is 45.5 Å². The number of pyridine rings is 1. The van der Waals surface area contributed by atoms with Crippen LogP contribution in [0.3, 0.4) is 0 Å². The van der Waals surface area contributed by atoms with Gasteiger partial charge in [-0.1, -0.05) is 0 Å². The Morgan fingerprint density at radius 1 is 1.14 bits per heavy atom. The molecule has 0 aliphatic carbocycles. The number of fused-ring (bicyclic) bond motifs is 1. The van der Waals surface area contributed by atoms with Gasteiger partial charge in [-0.05, 0) is 51.2 Å². The molecule has 0 aliphatic heterocycles. The third-order valence-electron chi connectivity index (χ3n) is 3.57. The zero-order valence-electron chi connectivity index (χ0n) is 12.4. The molecule has 0 bridgehead atoms. The summed E-state index contributed by atoms with van der Waals surface area (Å²) in [7, 11) is 4.20. The summed E-state index contributed by atoms with van der Waals surface area (Å²) in [6.45, 7) is 1.08. The zero-order chi connectivity index (χ0) is 14.7. The van der Waals surface area contributed by atoms with E-state index in [1.165, 1.54) is 10.9 Å². The molecule has 0 radical (unpaired) electrons. The summed E-state index contributed by atoms with van der Waals surface area (Å²) in [5.74, 6) is 0. The van der Waals surface area contributed by atoms with Gasteiger partial charge in [0, 0.05) is 29.5 Å². The van der Waals surface area contributed by atoms with Gasteiger partial charge in [-0.15, -0.1) is 0 Å². The van der Waals surface area contributed by atoms with Gasteiger partial charge in [-0.3, -0.25) is 0 Å². The predicted molar refractivity (Wildman–Crippen MR) is 84.0 cm³/mol. The van der Waals surface area contributed by atoms with Crippen molar-refractivity contribution in [2.75, 3.05) is 20.6 Å². The molecule has 108 valence electrons. The Balaban J connectivity index is 1.99. The Morgan fingerprint density at radius 3 is 2.81 bits per heavy atom. The topological polar surface area (TPSA) is 57.7 Å². The lowest BCUT2D eigenvalue weighted by Crippen LogP contribution is -2.13. The molecule has 0 saturated heterocycles. The number of aromatic nitrogens is 4. The van der Waals surface area contributed by atoms with E-state index in [1.54, 1.807) is 12.5 Å². The molecule has 0 aliphatic rings. The van der Waals surface area contributed by atoms with Crippen LogP contribution >= 0.6 is 0 Å². The second kappa shape index (κ2) is 6.01. The average molecular weight is 281 g/mol. The highest BCUT2D eigenvalue weighted by molar-refractivity contribution is 5.95. The van der Waals surface area contributed by atoms with E-state index in [1.807, 2.05) is 18.5 Å². The fraction of sp³-hybridized carbons (Fsp3) is 0.312. The van der Waals surface area contributed by atoms with Crippen molar-refractivity contribution in [1.82, 2.24) is 24.8 Å². The van der Waals surface area contributed by atoms with Crippen LogP contribution < -0.4 is 0 Å². The molecule has 5 nitrogen and oxygen atoms in total. The Hall–Kier alpha value is -2.27. The van der Waals surface area contributed by atoms with Crippen molar-refractivity contribution in [3.63, 3.8) is 0 Å². The standard InChI is InChI=1S/C16H19N5/c1-21(2)9-3-4-12-5-8-18-16-15(12)13(10-19-16)14-6-7-17-11-20-14/h5-8,10-11H,3-4,9H2,1-2H3,(H,18,19). The van der Waals surface area contributed by atoms with E-state index >= 15 is 0 Å². The third kappa shape index (κ3) is 2.92. The van der Waals surface area contributed by atoms with Gasteiger partial charge in [0.15, 0.2) is 0 Å². The van der Waals surface area contributed by atoms with E-state index in [0.717, 1.165) is 36.3 Å². The van der Waals surface area contributed by atoms with Gasteiger partial charge in [-0.25, -0.2) is 15.0 Å². The number of nitrogens with zero attached hydrogens (tertiary/aromatic N) is 4. The van der Waals surface area contributed by atoms with Crippen LogP contribution in [0.2, 0.25) is 0 Å². The summed E-state index contributed by atoms with van der Waals surface area (Å²) in [6.07, 6.45) is 9.36. The van der Waals surface area contributed by atoms with E-state index in [-0.39, 0.29) is 0 Å². The number of nitrogens with one attached hydrogen (secondary N) is 1. The summed E-state index contributed by atoms with van der Waals surface area (Å²) < 4.78 is 0. The van der Waals surface area contributed by atoms with Crippen molar-refractivity contribution < 1.29 is 0 Å². The molecule has 0 unspecified atom stereocenters. The molecule has 0 fully saturated rings. The molecule has 0 aromatic carbocycles. The molecule has 3 rings (SSSR count). The monoisotopic (exact) mass is 281 g/mol. The molecule has 5 heteroatoms. The summed E-state index contributed by atoms with van der Waals surface area (Å²) in [5.41, 5.74) is 4.26. The summed E-state index contributed by atoms with van der Waals surface area (Å²) in [6, 6.07) is 4.04. The van der Waals surface area contributed by atoms with Gasteiger partial charge in [-0.2, -0.15) is 0 Å². The van der Waals surface area contributed by atoms with Gasteiger partial charge >= 0.3 is 0 Å². The fourth-order valence-electron chi connectivity index (χ4n) is 2.57. The third-order valence-corrected chi connectivity index (χ3v) is 3.57. The number of aromatic amines is 1. The SMILES string of the molecule is CN(C)CCCc1ccnc2[nH]cc(-c3ccncn3)c12. The van der Waals surface area contributed by atoms with Crippen LogP contribution in [-0.2, 0) is 6.42 Å². The van der Waals surface area contributed by atoms with Crippen molar-refractivity contribution in [2.45, 2.75) is 12.8 Å². The number of hydrogen-bond donors (Lipinski definition) is 1. The molecule has 3 aromatic heterocycles. The first-order valence-corrected chi connectivity index (χ1v) is 7.12. The molecule has 0 spiro atoms. The summed E-state index contributed by atoms with van der Waals surface area (Å²) >= 11 is 0. The van der Waals surface area contributed by atoms with Gasteiger partial charge in [0.2, 0.25) is 0 Å². The highest BCUT2D eigenvalue weighted by Crippen LogP contribution is 2.29. The molecule has 21 heavy (non-hydrogen) atoms. The molecule has 3 aromatic rings. The van der Waals surface area contributed by atoms with Crippen LogP contribution in [0.25, 0.3) is 22.3 Å². The van der Waals surface area contributed by atoms with Crippen molar-refractivity contribution in [2.24, 2.45) is 0 Å². The number of hydrogen-bond acceptors (Lipinski definition) is 4. The zero-order valence-corrected chi connectivity index (χ0v) is 12.4. The highest BCUT2D eigenvalue weighted by Gasteiger charge is 2.12. The minimum Gasteiger partial charge on any atom is -0.345 e.